The molecule has 1 aliphatic rings. The van der Waals surface area contributed by atoms with Gasteiger partial charge in [0.05, 0.1) is 22.3 Å². The zero-order chi connectivity index (χ0) is 15.2. The Morgan fingerprint density at radius 1 is 1.45 bits per heavy atom. The van der Waals surface area contributed by atoms with E-state index < -0.39 is 0 Å². The van der Waals surface area contributed by atoms with E-state index in [0.717, 1.165) is 32.5 Å². The second kappa shape index (κ2) is 9.58. The monoisotopic (exact) mass is 365 g/mol. The van der Waals surface area contributed by atoms with Crippen LogP contribution in [0.1, 0.15) is 19.8 Å². The van der Waals surface area contributed by atoms with Crippen molar-refractivity contribution in [1.29, 1.82) is 0 Å². The molecule has 2 N–H and O–H groups in total. The maximum atomic E-state index is 12.2. The molecule has 1 aromatic carbocycles. The number of hydrogen-bond acceptors (Lipinski definition) is 3. The van der Waals surface area contributed by atoms with Crippen LogP contribution < -0.4 is 10.6 Å². The standard InChI is InChI=1S/C15H21Cl2N3O.ClH/c1-2-8-20(11-6-7-18-9-11)10-14(21)19-13-5-3-4-12(16)15(13)17;/h3-5,11,18H,2,6-10H2,1H3,(H,19,21);1H. The van der Waals surface area contributed by atoms with E-state index >= 15 is 0 Å². The maximum absolute atomic E-state index is 12.2. The lowest BCUT2D eigenvalue weighted by atomic mass is 10.2. The van der Waals surface area contributed by atoms with E-state index in [0.29, 0.717) is 28.3 Å². The number of carbonyl (C=O) groups is 1. The van der Waals surface area contributed by atoms with Crippen LogP contribution in [0.2, 0.25) is 10.0 Å². The van der Waals surface area contributed by atoms with Crippen LogP contribution in [0, 0.1) is 0 Å². The van der Waals surface area contributed by atoms with Crippen LogP contribution >= 0.6 is 35.6 Å². The van der Waals surface area contributed by atoms with Crippen LogP contribution in [0.25, 0.3) is 0 Å². The predicted octanol–water partition coefficient (Wildman–Crippen LogP) is 3.43. The fourth-order valence-electron chi connectivity index (χ4n) is 2.60. The van der Waals surface area contributed by atoms with E-state index in [2.05, 4.69) is 22.5 Å². The number of anilines is 1. The minimum Gasteiger partial charge on any atom is -0.324 e. The van der Waals surface area contributed by atoms with E-state index in [4.69, 9.17) is 23.2 Å². The van der Waals surface area contributed by atoms with E-state index in [1.807, 2.05) is 0 Å². The smallest absolute Gasteiger partial charge is 0.238 e. The molecule has 0 bridgehead atoms. The summed E-state index contributed by atoms with van der Waals surface area (Å²) in [4.78, 5) is 14.5. The number of benzene rings is 1. The van der Waals surface area contributed by atoms with Gasteiger partial charge in [-0.25, -0.2) is 0 Å². The second-order valence-corrected chi connectivity index (χ2v) is 6.05. The molecule has 1 heterocycles. The molecule has 0 saturated carbocycles. The number of nitrogens with zero attached hydrogens (tertiary/aromatic N) is 1. The summed E-state index contributed by atoms with van der Waals surface area (Å²) >= 11 is 12.0. The van der Waals surface area contributed by atoms with Crippen LogP contribution in [0.3, 0.4) is 0 Å². The molecule has 1 unspecified atom stereocenters. The van der Waals surface area contributed by atoms with Gasteiger partial charge in [-0.3, -0.25) is 9.69 Å². The quantitative estimate of drug-likeness (QED) is 0.810. The fraction of sp³-hybridized carbons (Fsp3) is 0.533. The first-order valence-corrected chi connectivity index (χ1v) is 8.06. The lowest BCUT2D eigenvalue weighted by molar-refractivity contribution is -0.117. The maximum Gasteiger partial charge on any atom is 0.238 e. The minimum atomic E-state index is -0.0560. The number of hydrogen-bond donors (Lipinski definition) is 2. The SMILES string of the molecule is CCCN(CC(=O)Nc1cccc(Cl)c1Cl)C1CCNC1.Cl. The molecule has 1 aliphatic heterocycles. The summed E-state index contributed by atoms with van der Waals surface area (Å²) < 4.78 is 0. The number of halogens is 3. The van der Waals surface area contributed by atoms with Crippen LogP contribution in [-0.2, 0) is 4.79 Å². The molecule has 0 radical (unpaired) electrons. The number of nitrogens with one attached hydrogen (secondary N) is 2. The molecule has 0 spiro atoms. The zero-order valence-corrected chi connectivity index (χ0v) is 14.9. The first kappa shape index (κ1) is 19.5. The van der Waals surface area contributed by atoms with Crippen molar-refractivity contribution in [3.63, 3.8) is 0 Å². The first-order chi connectivity index (χ1) is 10.1. The van der Waals surface area contributed by atoms with Crippen molar-refractivity contribution in [2.75, 3.05) is 31.5 Å². The van der Waals surface area contributed by atoms with Crippen LogP contribution in [0.15, 0.2) is 18.2 Å². The van der Waals surface area contributed by atoms with Gasteiger partial charge in [0, 0.05) is 12.6 Å². The summed E-state index contributed by atoms with van der Waals surface area (Å²) in [5, 5.41) is 7.02. The molecule has 1 amide bonds. The topological polar surface area (TPSA) is 44.4 Å². The lowest BCUT2D eigenvalue weighted by Gasteiger charge is -2.27. The van der Waals surface area contributed by atoms with Crippen molar-refractivity contribution in [3.05, 3.63) is 28.2 Å². The summed E-state index contributed by atoms with van der Waals surface area (Å²) in [6.07, 6.45) is 2.12. The zero-order valence-electron chi connectivity index (χ0n) is 12.6. The summed E-state index contributed by atoms with van der Waals surface area (Å²) in [7, 11) is 0. The lowest BCUT2D eigenvalue weighted by Crippen LogP contribution is -2.42. The third-order valence-electron chi connectivity index (χ3n) is 3.63. The molecule has 0 aliphatic carbocycles. The Hall–Kier alpha value is -0.520. The Balaban J connectivity index is 0.00000242. The van der Waals surface area contributed by atoms with Gasteiger partial charge in [-0.15, -0.1) is 12.4 Å². The Labute approximate surface area is 147 Å². The largest absolute Gasteiger partial charge is 0.324 e. The Morgan fingerprint density at radius 3 is 2.86 bits per heavy atom. The molecule has 124 valence electrons. The fourth-order valence-corrected chi connectivity index (χ4v) is 2.95. The van der Waals surface area contributed by atoms with E-state index in [1.165, 1.54) is 0 Å². The molecule has 22 heavy (non-hydrogen) atoms. The highest BCUT2D eigenvalue weighted by molar-refractivity contribution is 6.43. The van der Waals surface area contributed by atoms with Crippen LogP contribution in [0.4, 0.5) is 5.69 Å². The van der Waals surface area contributed by atoms with E-state index in [9.17, 15) is 4.79 Å². The summed E-state index contributed by atoms with van der Waals surface area (Å²) in [6.45, 7) is 5.39. The van der Waals surface area contributed by atoms with Gasteiger partial charge in [-0.05, 0) is 38.1 Å². The summed E-state index contributed by atoms with van der Waals surface area (Å²) in [6, 6.07) is 5.67. The van der Waals surface area contributed by atoms with Crippen LogP contribution in [-0.4, -0.2) is 43.0 Å². The minimum absolute atomic E-state index is 0. The third-order valence-corrected chi connectivity index (χ3v) is 4.45. The Morgan fingerprint density at radius 2 is 2.23 bits per heavy atom. The van der Waals surface area contributed by atoms with E-state index in [-0.39, 0.29) is 18.3 Å². The molecule has 7 heteroatoms. The normalized spacial score (nSPS) is 17.4. The van der Waals surface area contributed by atoms with Crippen molar-refractivity contribution in [2.24, 2.45) is 0 Å². The molecule has 1 aromatic rings. The highest BCUT2D eigenvalue weighted by atomic mass is 35.5. The van der Waals surface area contributed by atoms with Gasteiger partial charge >= 0.3 is 0 Å². The average molecular weight is 367 g/mol. The highest BCUT2D eigenvalue weighted by Gasteiger charge is 2.23. The molecule has 1 atom stereocenters. The van der Waals surface area contributed by atoms with Crippen molar-refractivity contribution in [3.8, 4) is 0 Å². The van der Waals surface area contributed by atoms with Crippen molar-refractivity contribution < 1.29 is 4.79 Å². The molecule has 0 aromatic heterocycles. The summed E-state index contributed by atoms with van der Waals surface area (Å²) in [5.74, 6) is -0.0560. The van der Waals surface area contributed by atoms with Gasteiger partial charge in [0.1, 0.15) is 0 Å². The van der Waals surface area contributed by atoms with E-state index in [1.54, 1.807) is 18.2 Å². The number of rotatable bonds is 6. The predicted molar refractivity (Wildman–Crippen MR) is 95.5 cm³/mol. The number of carbonyl (C=O) groups excluding carboxylic acids is 1. The number of amides is 1. The van der Waals surface area contributed by atoms with Gasteiger partial charge in [-0.2, -0.15) is 0 Å². The Kier molecular flexibility index (Phi) is 8.50. The van der Waals surface area contributed by atoms with Crippen molar-refractivity contribution in [2.45, 2.75) is 25.8 Å². The molecular formula is C15H22Cl3N3O. The van der Waals surface area contributed by atoms with Crippen LogP contribution in [0.5, 0.6) is 0 Å². The van der Waals surface area contributed by atoms with Gasteiger partial charge in [0.25, 0.3) is 0 Å². The van der Waals surface area contributed by atoms with Gasteiger partial charge in [0.2, 0.25) is 5.91 Å². The Bertz CT molecular complexity index is 493. The van der Waals surface area contributed by atoms with Gasteiger partial charge in [0.15, 0.2) is 0 Å². The molecule has 2 rings (SSSR count). The summed E-state index contributed by atoms with van der Waals surface area (Å²) in [5.41, 5.74) is 0.565. The average Bonchev–Trinajstić information content (AvgIpc) is 2.97. The first-order valence-electron chi connectivity index (χ1n) is 7.30. The molecule has 1 saturated heterocycles. The molecule has 1 fully saturated rings. The molecular weight excluding hydrogens is 345 g/mol. The third kappa shape index (κ3) is 5.28. The second-order valence-electron chi connectivity index (χ2n) is 5.27. The van der Waals surface area contributed by atoms with Crippen molar-refractivity contribution >= 4 is 47.2 Å². The molecule has 4 nitrogen and oxygen atoms in total. The van der Waals surface area contributed by atoms with Gasteiger partial charge < -0.3 is 10.6 Å². The van der Waals surface area contributed by atoms with Crippen molar-refractivity contribution in [1.82, 2.24) is 10.2 Å². The highest BCUT2D eigenvalue weighted by Crippen LogP contribution is 2.29. The van der Waals surface area contributed by atoms with Gasteiger partial charge in [-0.1, -0.05) is 36.2 Å².